The molecule has 6 heteroatoms. The number of rotatable bonds is 2. The van der Waals surface area contributed by atoms with Crippen molar-refractivity contribution in [3.8, 4) is 11.8 Å². The highest BCUT2D eigenvalue weighted by molar-refractivity contribution is 6.31. The highest BCUT2D eigenvalue weighted by Crippen LogP contribution is 2.37. The molecule has 1 aromatic rings. The number of nitriles is 1. The Morgan fingerprint density at radius 3 is 2.57 bits per heavy atom. The summed E-state index contributed by atoms with van der Waals surface area (Å²) in [6.45, 7) is 0. The Labute approximate surface area is 127 Å². The average Bonchev–Trinajstić information content (AvgIpc) is 2.71. The van der Waals surface area contributed by atoms with Gasteiger partial charge in [0.25, 0.3) is 0 Å². The largest absolute Gasteiger partial charge is 0.490 e. The minimum atomic E-state index is -0.831. The van der Waals surface area contributed by atoms with E-state index in [4.69, 9.17) is 21.6 Å². The second-order valence-corrected chi connectivity index (χ2v) is 5.95. The van der Waals surface area contributed by atoms with Gasteiger partial charge in [-0.1, -0.05) is 11.6 Å². The van der Waals surface area contributed by atoms with Crippen molar-refractivity contribution in [2.45, 2.75) is 43.9 Å². The van der Waals surface area contributed by atoms with E-state index >= 15 is 0 Å². The van der Waals surface area contributed by atoms with Gasteiger partial charge in [0.1, 0.15) is 17.9 Å². The second-order valence-electron chi connectivity index (χ2n) is 5.54. The maximum Gasteiger partial charge on any atom is 0.407 e. The zero-order valence-electron chi connectivity index (χ0n) is 11.3. The van der Waals surface area contributed by atoms with Gasteiger partial charge in [0.2, 0.25) is 0 Å². The van der Waals surface area contributed by atoms with Gasteiger partial charge in [-0.15, -0.1) is 0 Å². The maximum absolute atomic E-state index is 11.2. The summed E-state index contributed by atoms with van der Waals surface area (Å²) >= 11 is 5.99. The van der Waals surface area contributed by atoms with Crippen LogP contribution in [0.15, 0.2) is 18.2 Å². The first-order valence-corrected chi connectivity index (χ1v) is 7.34. The molecule has 0 aliphatic carbocycles. The van der Waals surface area contributed by atoms with Crippen LogP contribution in [0.3, 0.4) is 0 Å². The first kappa shape index (κ1) is 14.0. The van der Waals surface area contributed by atoms with E-state index in [-0.39, 0.29) is 18.2 Å². The lowest BCUT2D eigenvalue weighted by molar-refractivity contribution is 0.0496. The number of amides is 1. The SMILES string of the molecule is N#Cc1ccc(OC2C[C@H]3CC[C@@H](C2)N3C(=O)O)cc1Cl. The van der Waals surface area contributed by atoms with Crippen molar-refractivity contribution < 1.29 is 14.6 Å². The zero-order chi connectivity index (χ0) is 15.0. The number of carboxylic acid groups (broad SMARTS) is 1. The van der Waals surface area contributed by atoms with E-state index in [1.807, 2.05) is 6.07 Å². The number of fused-ring (bicyclic) bond motifs is 2. The smallest absolute Gasteiger partial charge is 0.407 e. The molecule has 5 nitrogen and oxygen atoms in total. The average molecular weight is 307 g/mol. The zero-order valence-corrected chi connectivity index (χ0v) is 12.1. The lowest BCUT2D eigenvalue weighted by Gasteiger charge is -2.37. The molecule has 0 radical (unpaired) electrons. The highest BCUT2D eigenvalue weighted by Gasteiger charge is 2.44. The molecule has 2 aliphatic rings. The van der Waals surface area contributed by atoms with Gasteiger partial charge in [0, 0.05) is 31.0 Å². The molecule has 0 spiro atoms. The van der Waals surface area contributed by atoms with Crippen LogP contribution in [0, 0.1) is 11.3 Å². The molecule has 2 fully saturated rings. The first-order valence-electron chi connectivity index (χ1n) is 6.96. The molecule has 0 saturated carbocycles. The van der Waals surface area contributed by atoms with Crippen molar-refractivity contribution in [1.29, 1.82) is 5.26 Å². The number of ether oxygens (including phenoxy) is 1. The molecule has 0 aromatic heterocycles. The fourth-order valence-electron chi connectivity index (χ4n) is 3.39. The lowest BCUT2D eigenvalue weighted by Crippen LogP contribution is -2.48. The number of hydrogen-bond acceptors (Lipinski definition) is 3. The monoisotopic (exact) mass is 306 g/mol. The van der Waals surface area contributed by atoms with E-state index in [1.54, 1.807) is 23.1 Å². The Balaban J connectivity index is 1.69. The number of piperidine rings is 1. The fourth-order valence-corrected chi connectivity index (χ4v) is 3.60. The lowest BCUT2D eigenvalue weighted by atomic mass is 10.00. The molecule has 2 saturated heterocycles. The number of carbonyl (C=O) groups is 1. The van der Waals surface area contributed by atoms with E-state index < -0.39 is 6.09 Å². The molecular weight excluding hydrogens is 292 g/mol. The van der Waals surface area contributed by atoms with E-state index in [0.29, 0.717) is 29.2 Å². The summed E-state index contributed by atoms with van der Waals surface area (Å²) < 4.78 is 5.93. The van der Waals surface area contributed by atoms with E-state index in [2.05, 4.69) is 0 Å². The maximum atomic E-state index is 11.2. The first-order chi connectivity index (χ1) is 10.1. The van der Waals surface area contributed by atoms with Gasteiger partial charge < -0.3 is 14.7 Å². The fraction of sp³-hybridized carbons (Fsp3) is 0.467. The Morgan fingerprint density at radius 2 is 2.05 bits per heavy atom. The van der Waals surface area contributed by atoms with Gasteiger partial charge >= 0.3 is 6.09 Å². The predicted molar refractivity (Wildman–Crippen MR) is 76.5 cm³/mol. The quantitative estimate of drug-likeness (QED) is 0.910. The summed E-state index contributed by atoms with van der Waals surface area (Å²) in [5.74, 6) is 0.632. The normalized spacial score (nSPS) is 27.2. The van der Waals surface area contributed by atoms with Crippen molar-refractivity contribution in [1.82, 2.24) is 4.90 Å². The summed E-state index contributed by atoms with van der Waals surface area (Å²) in [6.07, 6.45) is 2.40. The van der Waals surface area contributed by atoms with Crippen LogP contribution in [0.25, 0.3) is 0 Å². The number of halogens is 1. The third-order valence-corrected chi connectivity index (χ3v) is 4.59. The van der Waals surface area contributed by atoms with Gasteiger partial charge in [-0.3, -0.25) is 0 Å². The van der Waals surface area contributed by atoms with Gasteiger partial charge in [-0.25, -0.2) is 4.79 Å². The van der Waals surface area contributed by atoms with E-state index in [9.17, 15) is 9.90 Å². The van der Waals surface area contributed by atoms with Crippen LogP contribution in [0.2, 0.25) is 5.02 Å². The van der Waals surface area contributed by atoms with Crippen LogP contribution < -0.4 is 4.74 Å². The van der Waals surface area contributed by atoms with Crippen molar-refractivity contribution in [2.24, 2.45) is 0 Å². The summed E-state index contributed by atoms with van der Waals surface area (Å²) in [5.41, 5.74) is 0.421. The van der Waals surface area contributed by atoms with Gasteiger partial charge in [-0.05, 0) is 25.0 Å². The third-order valence-electron chi connectivity index (χ3n) is 4.27. The molecule has 2 bridgehead atoms. The number of hydrogen-bond donors (Lipinski definition) is 1. The van der Waals surface area contributed by atoms with Crippen LogP contribution in [0.5, 0.6) is 5.75 Å². The minimum absolute atomic E-state index is 0.00195. The van der Waals surface area contributed by atoms with Crippen LogP contribution in [0.1, 0.15) is 31.2 Å². The molecular formula is C15H15ClN2O3. The molecule has 2 aliphatic heterocycles. The van der Waals surface area contributed by atoms with E-state index in [0.717, 1.165) is 12.8 Å². The Hall–Kier alpha value is -1.93. The van der Waals surface area contributed by atoms with Crippen molar-refractivity contribution in [3.05, 3.63) is 28.8 Å². The standard InChI is InChI=1S/C15H15ClN2O3/c16-14-7-12(4-1-9(14)8-17)21-13-5-10-2-3-11(6-13)18(10)15(19)20/h1,4,7,10-11,13H,2-3,5-6H2,(H,19,20)/t10-,11+,13?. The van der Waals surface area contributed by atoms with Crippen LogP contribution in [-0.2, 0) is 0 Å². The molecule has 1 aromatic carbocycles. The molecule has 3 rings (SSSR count). The molecule has 21 heavy (non-hydrogen) atoms. The Morgan fingerprint density at radius 1 is 1.38 bits per heavy atom. The highest BCUT2D eigenvalue weighted by atomic mass is 35.5. The number of nitrogens with zero attached hydrogens (tertiary/aromatic N) is 2. The van der Waals surface area contributed by atoms with Crippen LogP contribution >= 0.6 is 11.6 Å². The summed E-state index contributed by atoms with van der Waals surface area (Å²) in [4.78, 5) is 12.8. The van der Waals surface area contributed by atoms with Crippen molar-refractivity contribution in [3.63, 3.8) is 0 Å². The molecule has 1 N–H and O–H groups in total. The van der Waals surface area contributed by atoms with Crippen molar-refractivity contribution >= 4 is 17.7 Å². The summed E-state index contributed by atoms with van der Waals surface area (Å²) in [6, 6.07) is 7.13. The minimum Gasteiger partial charge on any atom is -0.490 e. The van der Waals surface area contributed by atoms with Crippen LogP contribution in [0.4, 0.5) is 4.79 Å². The Kier molecular flexibility index (Phi) is 3.64. The van der Waals surface area contributed by atoms with Crippen molar-refractivity contribution in [2.75, 3.05) is 0 Å². The van der Waals surface area contributed by atoms with Crippen LogP contribution in [-0.4, -0.2) is 34.3 Å². The molecule has 2 heterocycles. The molecule has 1 unspecified atom stereocenters. The summed E-state index contributed by atoms with van der Waals surface area (Å²) in [5, 5.41) is 18.5. The summed E-state index contributed by atoms with van der Waals surface area (Å²) in [7, 11) is 0. The number of benzene rings is 1. The molecule has 110 valence electrons. The van der Waals surface area contributed by atoms with Gasteiger partial charge in [-0.2, -0.15) is 5.26 Å². The predicted octanol–water partition coefficient (Wildman–Crippen LogP) is 3.26. The molecule has 3 atom stereocenters. The van der Waals surface area contributed by atoms with E-state index in [1.165, 1.54) is 0 Å². The third kappa shape index (κ3) is 2.64. The topological polar surface area (TPSA) is 73.6 Å². The Bertz CT molecular complexity index is 599. The molecule has 1 amide bonds. The van der Waals surface area contributed by atoms with Gasteiger partial charge in [0.05, 0.1) is 10.6 Å². The second kappa shape index (κ2) is 5.45. The van der Waals surface area contributed by atoms with Gasteiger partial charge in [0.15, 0.2) is 0 Å².